The average Bonchev–Trinajstić information content (AvgIpc) is 2.55. The summed E-state index contributed by atoms with van der Waals surface area (Å²) in [5.41, 5.74) is 3.01. The Balaban J connectivity index is 2.14. The molecule has 23 heavy (non-hydrogen) atoms. The van der Waals surface area contributed by atoms with Crippen LogP contribution in [0.2, 0.25) is 0 Å². The quantitative estimate of drug-likeness (QED) is 0.782. The summed E-state index contributed by atoms with van der Waals surface area (Å²) in [5, 5.41) is 6.94. The Bertz CT molecular complexity index is 686. The highest BCUT2D eigenvalue weighted by Crippen LogP contribution is 2.29. The number of hydrogen-bond acceptors (Lipinski definition) is 3. The third kappa shape index (κ3) is 4.36. The number of anilines is 2. The SMILES string of the molecule is COc1ccc(NC(=S)Nc2ccccc2C(C)C)c(OC)c1. The Morgan fingerprint density at radius 2 is 1.65 bits per heavy atom. The van der Waals surface area contributed by atoms with Crippen molar-refractivity contribution in [1.29, 1.82) is 0 Å². The number of benzene rings is 2. The van der Waals surface area contributed by atoms with Gasteiger partial charge in [-0.15, -0.1) is 0 Å². The van der Waals surface area contributed by atoms with E-state index in [0.717, 1.165) is 17.1 Å². The molecule has 5 heteroatoms. The second-order valence-electron chi connectivity index (χ2n) is 5.39. The minimum Gasteiger partial charge on any atom is -0.497 e. The predicted octanol–water partition coefficient (Wildman–Crippen LogP) is 4.64. The van der Waals surface area contributed by atoms with Crippen LogP contribution in [0.15, 0.2) is 42.5 Å². The van der Waals surface area contributed by atoms with Crippen molar-refractivity contribution in [3.8, 4) is 11.5 Å². The van der Waals surface area contributed by atoms with E-state index in [2.05, 4.69) is 30.5 Å². The van der Waals surface area contributed by atoms with Crippen LogP contribution in [0.3, 0.4) is 0 Å². The van der Waals surface area contributed by atoms with E-state index < -0.39 is 0 Å². The van der Waals surface area contributed by atoms with Crippen LogP contribution in [0.5, 0.6) is 11.5 Å². The number of thiocarbonyl (C=S) groups is 1. The van der Waals surface area contributed by atoms with E-state index in [4.69, 9.17) is 21.7 Å². The normalized spacial score (nSPS) is 10.3. The van der Waals surface area contributed by atoms with Crippen molar-refractivity contribution in [3.63, 3.8) is 0 Å². The molecule has 0 atom stereocenters. The van der Waals surface area contributed by atoms with Gasteiger partial charge in [-0.25, -0.2) is 0 Å². The largest absolute Gasteiger partial charge is 0.497 e. The zero-order chi connectivity index (χ0) is 16.8. The summed E-state index contributed by atoms with van der Waals surface area (Å²) >= 11 is 5.42. The zero-order valence-corrected chi connectivity index (χ0v) is 14.7. The lowest BCUT2D eigenvalue weighted by Gasteiger charge is -2.17. The topological polar surface area (TPSA) is 42.5 Å². The van der Waals surface area contributed by atoms with Gasteiger partial charge in [0.15, 0.2) is 5.11 Å². The maximum atomic E-state index is 5.42. The van der Waals surface area contributed by atoms with Crippen molar-refractivity contribution in [3.05, 3.63) is 48.0 Å². The third-order valence-electron chi connectivity index (χ3n) is 3.49. The number of nitrogens with one attached hydrogen (secondary N) is 2. The minimum atomic E-state index is 0.414. The highest BCUT2D eigenvalue weighted by Gasteiger charge is 2.10. The summed E-state index contributed by atoms with van der Waals surface area (Å²) in [6.45, 7) is 4.31. The fraction of sp³-hybridized carbons (Fsp3) is 0.278. The standard InChI is InChI=1S/C18H22N2O2S/c1-12(2)14-7-5-6-8-15(14)19-18(23)20-16-10-9-13(21-3)11-17(16)22-4/h5-12H,1-4H3,(H2,19,20,23). The van der Waals surface area contributed by atoms with Gasteiger partial charge >= 0.3 is 0 Å². The van der Waals surface area contributed by atoms with Crippen LogP contribution in [-0.2, 0) is 0 Å². The molecule has 2 rings (SSSR count). The van der Waals surface area contributed by atoms with Crippen LogP contribution in [0.1, 0.15) is 25.3 Å². The van der Waals surface area contributed by atoms with Crippen molar-refractivity contribution in [1.82, 2.24) is 0 Å². The van der Waals surface area contributed by atoms with Gasteiger partial charge in [-0.05, 0) is 41.9 Å². The number of rotatable bonds is 5. The van der Waals surface area contributed by atoms with Gasteiger partial charge in [-0.1, -0.05) is 32.0 Å². The van der Waals surface area contributed by atoms with Crippen LogP contribution in [0.25, 0.3) is 0 Å². The van der Waals surface area contributed by atoms with Gasteiger partial charge in [0.2, 0.25) is 0 Å². The molecule has 0 spiro atoms. The Labute approximate surface area is 142 Å². The molecule has 0 saturated carbocycles. The van der Waals surface area contributed by atoms with E-state index in [-0.39, 0.29) is 0 Å². The summed E-state index contributed by atoms with van der Waals surface area (Å²) in [4.78, 5) is 0. The summed E-state index contributed by atoms with van der Waals surface area (Å²) < 4.78 is 10.6. The summed E-state index contributed by atoms with van der Waals surface area (Å²) in [6, 6.07) is 13.7. The zero-order valence-electron chi connectivity index (χ0n) is 13.8. The molecule has 0 aliphatic heterocycles. The molecule has 0 fully saturated rings. The number of para-hydroxylation sites is 1. The van der Waals surface area contributed by atoms with Crippen LogP contribution in [-0.4, -0.2) is 19.3 Å². The van der Waals surface area contributed by atoms with Gasteiger partial charge in [0, 0.05) is 11.8 Å². The van der Waals surface area contributed by atoms with Crippen molar-refractivity contribution in [2.45, 2.75) is 19.8 Å². The van der Waals surface area contributed by atoms with Gasteiger partial charge in [-0.2, -0.15) is 0 Å². The Morgan fingerprint density at radius 3 is 2.30 bits per heavy atom. The Morgan fingerprint density at radius 1 is 0.957 bits per heavy atom. The lowest BCUT2D eigenvalue weighted by atomic mass is 10.0. The van der Waals surface area contributed by atoms with Gasteiger partial charge in [0.05, 0.1) is 19.9 Å². The van der Waals surface area contributed by atoms with Crippen LogP contribution >= 0.6 is 12.2 Å². The van der Waals surface area contributed by atoms with E-state index in [1.54, 1.807) is 14.2 Å². The molecule has 0 amide bonds. The first-order valence-electron chi connectivity index (χ1n) is 7.44. The van der Waals surface area contributed by atoms with Crippen LogP contribution in [0, 0.1) is 0 Å². The Kier molecular flexibility index (Phi) is 5.82. The number of methoxy groups -OCH3 is 2. The lowest BCUT2D eigenvalue weighted by Crippen LogP contribution is -2.20. The molecule has 0 aromatic heterocycles. The molecule has 0 unspecified atom stereocenters. The van der Waals surface area contributed by atoms with Crippen molar-refractivity contribution >= 4 is 28.7 Å². The van der Waals surface area contributed by atoms with Gasteiger partial charge in [0.1, 0.15) is 11.5 Å². The summed E-state index contributed by atoms with van der Waals surface area (Å²) in [5.74, 6) is 1.82. The second-order valence-corrected chi connectivity index (χ2v) is 5.80. The fourth-order valence-electron chi connectivity index (χ4n) is 2.29. The molecule has 0 saturated heterocycles. The van der Waals surface area contributed by atoms with Gasteiger partial charge in [0.25, 0.3) is 0 Å². The van der Waals surface area contributed by atoms with E-state index in [0.29, 0.717) is 16.8 Å². The third-order valence-corrected chi connectivity index (χ3v) is 3.69. The van der Waals surface area contributed by atoms with E-state index in [9.17, 15) is 0 Å². The maximum Gasteiger partial charge on any atom is 0.175 e. The van der Waals surface area contributed by atoms with Crippen molar-refractivity contribution in [2.24, 2.45) is 0 Å². The molecular formula is C18H22N2O2S. The molecule has 0 aliphatic carbocycles. The molecule has 0 bridgehead atoms. The van der Waals surface area contributed by atoms with E-state index >= 15 is 0 Å². The lowest BCUT2D eigenvalue weighted by molar-refractivity contribution is 0.395. The molecule has 122 valence electrons. The maximum absolute atomic E-state index is 5.42. The van der Waals surface area contributed by atoms with Crippen molar-refractivity contribution in [2.75, 3.05) is 24.9 Å². The fourth-order valence-corrected chi connectivity index (χ4v) is 2.51. The Hall–Kier alpha value is -2.27. The molecular weight excluding hydrogens is 308 g/mol. The first-order valence-corrected chi connectivity index (χ1v) is 7.85. The average molecular weight is 330 g/mol. The number of ether oxygens (including phenoxy) is 2. The highest BCUT2D eigenvalue weighted by molar-refractivity contribution is 7.80. The summed E-state index contributed by atoms with van der Waals surface area (Å²) in [7, 11) is 3.24. The van der Waals surface area contributed by atoms with Gasteiger partial charge in [-0.3, -0.25) is 0 Å². The van der Waals surface area contributed by atoms with Crippen LogP contribution < -0.4 is 20.1 Å². The molecule has 0 aliphatic rings. The second kappa shape index (κ2) is 7.83. The summed E-state index contributed by atoms with van der Waals surface area (Å²) in [6.07, 6.45) is 0. The van der Waals surface area contributed by atoms with Crippen LogP contribution in [0.4, 0.5) is 11.4 Å². The van der Waals surface area contributed by atoms with Crippen molar-refractivity contribution < 1.29 is 9.47 Å². The number of hydrogen-bond donors (Lipinski definition) is 2. The molecule has 0 radical (unpaired) electrons. The van der Waals surface area contributed by atoms with Gasteiger partial charge < -0.3 is 20.1 Å². The van der Waals surface area contributed by atoms with E-state index in [1.807, 2.05) is 36.4 Å². The molecule has 0 heterocycles. The first-order chi connectivity index (χ1) is 11.0. The highest BCUT2D eigenvalue weighted by atomic mass is 32.1. The smallest absolute Gasteiger partial charge is 0.175 e. The van der Waals surface area contributed by atoms with E-state index in [1.165, 1.54) is 5.56 Å². The molecule has 4 nitrogen and oxygen atoms in total. The molecule has 2 aromatic rings. The monoisotopic (exact) mass is 330 g/mol. The molecule has 2 N–H and O–H groups in total. The molecule has 2 aromatic carbocycles. The minimum absolute atomic E-state index is 0.414. The first kappa shape index (κ1) is 17.1. The predicted molar refractivity (Wildman–Crippen MR) is 99.9 cm³/mol.